The number of hydrogen-bond donors (Lipinski definition) is 1. The van der Waals surface area contributed by atoms with Crippen LogP contribution in [0.2, 0.25) is 0 Å². The molecule has 3 rings (SSSR count). The number of rotatable bonds is 3. The van der Waals surface area contributed by atoms with Crippen molar-refractivity contribution in [3.8, 4) is 0 Å². The third kappa shape index (κ3) is 3.72. The Morgan fingerprint density at radius 3 is 2.88 bits per heavy atom. The Balaban J connectivity index is 2.22. The quantitative estimate of drug-likeness (QED) is 0.691. The molecule has 0 spiro atoms. The van der Waals surface area contributed by atoms with Crippen molar-refractivity contribution >= 4 is 50.7 Å². The zero-order chi connectivity index (χ0) is 18.0. The molecule has 1 saturated heterocycles. The first-order valence-corrected chi connectivity index (χ1v) is 10.3. The number of carboxylic acid groups (broad SMARTS) is 1. The molecule has 1 aliphatic rings. The average Bonchev–Trinajstić information content (AvgIpc) is 2.76. The fraction of sp³-hybridized carbons (Fsp3) is 0.444. The van der Waals surface area contributed by atoms with E-state index in [2.05, 4.69) is 15.9 Å². The Hall–Kier alpha value is -1.47. The van der Waals surface area contributed by atoms with Crippen LogP contribution in [0, 0.1) is 0 Å². The van der Waals surface area contributed by atoms with E-state index in [1.54, 1.807) is 19.2 Å². The summed E-state index contributed by atoms with van der Waals surface area (Å²) in [5.74, 6) is 2.02. The molecule has 1 aromatic carbocycles. The van der Waals surface area contributed by atoms with Gasteiger partial charge in [-0.2, -0.15) is 11.8 Å². The third-order valence-corrected chi connectivity index (χ3v) is 6.05. The molecule has 2 aromatic rings. The van der Waals surface area contributed by atoms with Gasteiger partial charge in [0.1, 0.15) is 0 Å². The van der Waals surface area contributed by atoms with Crippen LogP contribution < -0.4 is 0 Å². The molecule has 134 valence electrons. The van der Waals surface area contributed by atoms with Crippen LogP contribution in [0.25, 0.3) is 10.9 Å². The van der Waals surface area contributed by atoms with E-state index in [1.807, 2.05) is 17.8 Å². The minimum absolute atomic E-state index is 0.243. The van der Waals surface area contributed by atoms with E-state index in [1.165, 1.54) is 4.57 Å². The van der Waals surface area contributed by atoms with Gasteiger partial charge in [0.25, 0.3) is 0 Å². The second-order valence-corrected chi connectivity index (χ2v) is 8.19. The summed E-state index contributed by atoms with van der Waals surface area (Å²) < 4.78 is 7.04. The normalized spacial score (nSPS) is 18.1. The summed E-state index contributed by atoms with van der Waals surface area (Å²) in [6.07, 6.45) is 3.76. The highest BCUT2D eigenvalue weighted by Crippen LogP contribution is 2.38. The average molecular weight is 426 g/mol. The molecule has 0 radical (unpaired) electrons. The standard InChI is InChI=1S/C18H20BrNO4S/c1-2-24-17(21)14-9-12(19)8-13-15(10-20(16(13)14)18(22)23)11-4-3-6-25-7-5-11/h8-11H,2-7H2,1H3,(H,22,23). The topological polar surface area (TPSA) is 68.5 Å². The molecule has 5 nitrogen and oxygen atoms in total. The summed E-state index contributed by atoms with van der Waals surface area (Å²) in [4.78, 5) is 24.2. The zero-order valence-corrected chi connectivity index (χ0v) is 16.4. The van der Waals surface area contributed by atoms with E-state index in [-0.39, 0.29) is 12.2 Å². The van der Waals surface area contributed by atoms with Crippen molar-refractivity contribution in [2.24, 2.45) is 0 Å². The van der Waals surface area contributed by atoms with Crippen molar-refractivity contribution in [3.63, 3.8) is 0 Å². The number of thioether (sulfide) groups is 1. The molecule has 0 amide bonds. The van der Waals surface area contributed by atoms with Gasteiger partial charge in [0, 0.05) is 16.1 Å². The number of nitrogens with zero attached hydrogens (tertiary/aromatic N) is 1. The maximum atomic E-state index is 12.4. The Bertz CT molecular complexity index is 809. The highest BCUT2D eigenvalue weighted by molar-refractivity contribution is 9.10. The molecular weight excluding hydrogens is 406 g/mol. The second-order valence-electron chi connectivity index (χ2n) is 6.05. The van der Waals surface area contributed by atoms with E-state index in [9.17, 15) is 14.7 Å². The zero-order valence-electron chi connectivity index (χ0n) is 14.0. The number of hydrogen-bond acceptors (Lipinski definition) is 4. The maximum Gasteiger partial charge on any atom is 0.416 e. The molecule has 1 atom stereocenters. The van der Waals surface area contributed by atoms with Crippen molar-refractivity contribution < 1.29 is 19.4 Å². The van der Waals surface area contributed by atoms with E-state index in [0.717, 1.165) is 46.2 Å². The van der Waals surface area contributed by atoms with Crippen LogP contribution in [0.15, 0.2) is 22.8 Å². The lowest BCUT2D eigenvalue weighted by Crippen LogP contribution is -2.11. The van der Waals surface area contributed by atoms with Gasteiger partial charge in [0.2, 0.25) is 0 Å². The van der Waals surface area contributed by atoms with Crippen LogP contribution in [0.5, 0.6) is 0 Å². The van der Waals surface area contributed by atoms with E-state index in [0.29, 0.717) is 11.4 Å². The Morgan fingerprint density at radius 1 is 1.36 bits per heavy atom. The second kappa shape index (κ2) is 7.83. The molecule has 2 heterocycles. The molecule has 1 N–H and O–H groups in total. The summed E-state index contributed by atoms with van der Waals surface area (Å²) in [5, 5.41) is 10.5. The number of aromatic nitrogens is 1. The smallest absolute Gasteiger partial charge is 0.416 e. The lowest BCUT2D eigenvalue weighted by atomic mass is 9.91. The molecule has 1 aromatic heterocycles. The Kier molecular flexibility index (Phi) is 5.74. The molecule has 7 heteroatoms. The predicted molar refractivity (Wildman–Crippen MR) is 103 cm³/mol. The molecule has 0 bridgehead atoms. The van der Waals surface area contributed by atoms with Gasteiger partial charge in [0.15, 0.2) is 0 Å². The third-order valence-electron chi connectivity index (χ3n) is 4.49. The molecule has 0 saturated carbocycles. The van der Waals surface area contributed by atoms with Crippen LogP contribution in [-0.4, -0.2) is 39.8 Å². The van der Waals surface area contributed by atoms with Gasteiger partial charge in [0.05, 0.1) is 17.7 Å². The molecule has 0 aliphatic carbocycles. The lowest BCUT2D eigenvalue weighted by molar-refractivity contribution is 0.0528. The Labute approximate surface area is 158 Å². The summed E-state index contributed by atoms with van der Waals surface area (Å²) in [5.41, 5.74) is 1.70. The fourth-order valence-corrected chi connectivity index (χ4v) is 4.89. The summed E-state index contributed by atoms with van der Waals surface area (Å²) in [7, 11) is 0. The monoisotopic (exact) mass is 425 g/mol. The summed E-state index contributed by atoms with van der Waals surface area (Å²) in [6.45, 7) is 1.98. The Morgan fingerprint density at radius 2 is 2.16 bits per heavy atom. The highest BCUT2D eigenvalue weighted by atomic mass is 79.9. The molecule has 1 aliphatic heterocycles. The highest BCUT2D eigenvalue weighted by Gasteiger charge is 2.25. The fourth-order valence-electron chi connectivity index (χ4n) is 3.41. The largest absolute Gasteiger partial charge is 0.464 e. The first-order chi connectivity index (χ1) is 12.0. The number of benzene rings is 1. The first kappa shape index (κ1) is 18.3. The van der Waals surface area contributed by atoms with Gasteiger partial charge in [-0.3, -0.25) is 4.57 Å². The number of carbonyl (C=O) groups excluding carboxylic acids is 1. The van der Waals surface area contributed by atoms with Crippen LogP contribution >= 0.6 is 27.7 Å². The number of esters is 1. The van der Waals surface area contributed by atoms with Crippen LogP contribution in [0.4, 0.5) is 4.79 Å². The number of ether oxygens (including phenoxy) is 1. The van der Waals surface area contributed by atoms with Crippen molar-refractivity contribution in [2.45, 2.75) is 32.1 Å². The van der Waals surface area contributed by atoms with Crippen molar-refractivity contribution in [1.29, 1.82) is 0 Å². The molecular formula is C18H20BrNO4S. The molecule has 1 fully saturated rings. The van der Waals surface area contributed by atoms with E-state index in [4.69, 9.17) is 4.74 Å². The summed E-state index contributed by atoms with van der Waals surface area (Å²) >= 11 is 5.40. The van der Waals surface area contributed by atoms with Gasteiger partial charge in [-0.05, 0) is 61.3 Å². The molecule has 25 heavy (non-hydrogen) atoms. The van der Waals surface area contributed by atoms with Gasteiger partial charge in [-0.15, -0.1) is 0 Å². The minimum Gasteiger partial charge on any atom is -0.464 e. The van der Waals surface area contributed by atoms with Crippen LogP contribution in [-0.2, 0) is 4.74 Å². The van der Waals surface area contributed by atoms with Crippen LogP contribution in [0.3, 0.4) is 0 Å². The van der Waals surface area contributed by atoms with Gasteiger partial charge < -0.3 is 9.84 Å². The van der Waals surface area contributed by atoms with Gasteiger partial charge in [-0.1, -0.05) is 15.9 Å². The van der Waals surface area contributed by atoms with E-state index >= 15 is 0 Å². The van der Waals surface area contributed by atoms with Crippen molar-refractivity contribution in [3.05, 3.63) is 33.9 Å². The van der Waals surface area contributed by atoms with Crippen LogP contribution in [0.1, 0.15) is 48.0 Å². The van der Waals surface area contributed by atoms with Gasteiger partial charge >= 0.3 is 12.1 Å². The van der Waals surface area contributed by atoms with Crippen molar-refractivity contribution in [1.82, 2.24) is 4.57 Å². The lowest BCUT2D eigenvalue weighted by Gasteiger charge is -2.13. The minimum atomic E-state index is -1.09. The van der Waals surface area contributed by atoms with E-state index < -0.39 is 12.1 Å². The maximum absolute atomic E-state index is 12.4. The predicted octanol–water partition coefficient (Wildman–Crippen LogP) is 5.11. The first-order valence-electron chi connectivity index (χ1n) is 8.35. The summed E-state index contributed by atoms with van der Waals surface area (Å²) in [6, 6.07) is 3.54. The number of halogens is 1. The molecule has 1 unspecified atom stereocenters. The van der Waals surface area contributed by atoms with Gasteiger partial charge in [-0.25, -0.2) is 9.59 Å². The SMILES string of the molecule is CCOC(=O)c1cc(Br)cc2c(C3CCCSCC3)cn(C(=O)O)c12. The van der Waals surface area contributed by atoms with Crippen molar-refractivity contribution in [2.75, 3.05) is 18.1 Å². The number of carbonyl (C=O) groups is 2. The number of fused-ring (bicyclic) bond motifs is 1.